The lowest BCUT2D eigenvalue weighted by atomic mass is 10.1. The van der Waals surface area contributed by atoms with Crippen LogP contribution < -0.4 is 10.6 Å². The van der Waals surface area contributed by atoms with Crippen molar-refractivity contribution in [2.45, 2.75) is 26.2 Å². The van der Waals surface area contributed by atoms with E-state index in [1.54, 1.807) is 18.2 Å². The van der Waals surface area contributed by atoms with Gasteiger partial charge >= 0.3 is 5.97 Å². The lowest BCUT2D eigenvalue weighted by Crippen LogP contribution is -2.33. The first-order valence-electron chi connectivity index (χ1n) is 6.46. The second kappa shape index (κ2) is 5.73. The highest BCUT2D eigenvalue weighted by atomic mass is 16.5. The SMILES string of the molecule is CCCCOC(=O)CN1C(=O)Cc2cc(N)ccc21. The standard InChI is InChI=1S/C14H18N2O3/c1-2-3-6-19-14(18)9-16-12-5-4-11(15)7-10(12)8-13(16)17/h4-5,7H,2-3,6,8-9,15H2,1H3. The van der Waals surface area contributed by atoms with Crippen LogP contribution in [0, 0.1) is 0 Å². The van der Waals surface area contributed by atoms with Crippen LogP contribution in [0.2, 0.25) is 0 Å². The number of unbranched alkanes of at least 4 members (excludes halogenated alkanes) is 1. The topological polar surface area (TPSA) is 72.6 Å². The van der Waals surface area contributed by atoms with Gasteiger partial charge in [-0.05, 0) is 30.2 Å². The van der Waals surface area contributed by atoms with Crippen LogP contribution in [0.25, 0.3) is 0 Å². The minimum Gasteiger partial charge on any atom is -0.464 e. The predicted molar refractivity (Wildman–Crippen MR) is 72.8 cm³/mol. The number of rotatable bonds is 5. The summed E-state index contributed by atoms with van der Waals surface area (Å²) in [5, 5.41) is 0. The van der Waals surface area contributed by atoms with E-state index in [0.717, 1.165) is 24.1 Å². The molecule has 0 atom stereocenters. The summed E-state index contributed by atoms with van der Waals surface area (Å²) in [5.41, 5.74) is 7.93. The first kappa shape index (κ1) is 13.4. The molecule has 1 heterocycles. The van der Waals surface area contributed by atoms with Gasteiger partial charge < -0.3 is 15.4 Å². The summed E-state index contributed by atoms with van der Waals surface area (Å²) in [5.74, 6) is -0.459. The van der Waals surface area contributed by atoms with Gasteiger partial charge in [0, 0.05) is 11.4 Å². The van der Waals surface area contributed by atoms with Crippen LogP contribution in [0.4, 0.5) is 11.4 Å². The van der Waals surface area contributed by atoms with Crippen molar-refractivity contribution in [1.82, 2.24) is 0 Å². The molecule has 0 aliphatic carbocycles. The smallest absolute Gasteiger partial charge is 0.326 e. The predicted octanol–water partition coefficient (Wildman–Crippen LogP) is 1.50. The molecule has 19 heavy (non-hydrogen) atoms. The number of anilines is 2. The minimum absolute atomic E-state index is 0.0283. The fourth-order valence-electron chi connectivity index (χ4n) is 2.08. The van der Waals surface area contributed by atoms with Crippen molar-refractivity contribution in [2.24, 2.45) is 0 Å². The zero-order valence-electron chi connectivity index (χ0n) is 11.0. The van der Waals surface area contributed by atoms with Crippen LogP contribution in [-0.4, -0.2) is 25.0 Å². The molecule has 2 rings (SSSR count). The molecular weight excluding hydrogens is 244 g/mol. The number of fused-ring (bicyclic) bond motifs is 1. The van der Waals surface area contributed by atoms with E-state index in [1.165, 1.54) is 4.90 Å². The zero-order valence-corrected chi connectivity index (χ0v) is 11.0. The van der Waals surface area contributed by atoms with Gasteiger partial charge in [-0.25, -0.2) is 0 Å². The van der Waals surface area contributed by atoms with Gasteiger partial charge in [0.1, 0.15) is 6.54 Å². The Bertz CT molecular complexity index is 499. The van der Waals surface area contributed by atoms with E-state index in [-0.39, 0.29) is 18.4 Å². The highest BCUT2D eigenvalue weighted by Crippen LogP contribution is 2.30. The van der Waals surface area contributed by atoms with E-state index in [0.29, 0.717) is 18.7 Å². The Hall–Kier alpha value is -2.04. The van der Waals surface area contributed by atoms with Gasteiger partial charge in [-0.3, -0.25) is 9.59 Å². The molecule has 5 nitrogen and oxygen atoms in total. The number of nitrogens with two attached hydrogens (primary N) is 1. The van der Waals surface area contributed by atoms with Gasteiger partial charge in [0.15, 0.2) is 0 Å². The molecule has 102 valence electrons. The molecule has 0 saturated carbocycles. The number of benzene rings is 1. The third-order valence-corrected chi connectivity index (χ3v) is 3.09. The van der Waals surface area contributed by atoms with E-state index in [2.05, 4.69) is 0 Å². The Labute approximate surface area is 112 Å². The van der Waals surface area contributed by atoms with Crippen LogP contribution in [0.1, 0.15) is 25.3 Å². The number of amides is 1. The normalized spacial score (nSPS) is 13.5. The lowest BCUT2D eigenvalue weighted by molar-refractivity contribution is -0.142. The van der Waals surface area contributed by atoms with Crippen molar-refractivity contribution in [3.63, 3.8) is 0 Å². The number of ether oxygens (including phenoxy) is 1. The molecule has 0 bridgehead atoms. The molecule has 1 aliphatic rings. The van der Waals surface area contributed by atoms with Crippen molar-refractivity contribution in [3.05, 3.63) is 23.8 Å². The third-order valence-electron chi connectivity index (χ3n) is 3.09. The van der Waals surface area contributed by atoms with Crippen LogP contribution in [0.5, 0.6) is 0 Å². The van der Waals surface area contributed by atoms with Crippen molar-refractivity contribution >= 4 is 23.3 Å². The third kappa shape index (κ3) is 3.05. The molecule has 2 N–H and O–H groups in total. The number of carbonyl (C=O) groups excluding carboxylic acids is 2. The number of hydrogen-bond donors (Lipinski definition) is 1. The Kier molecular flexibility index (Phi) is 4.04. The monoisotopic (exact) mass is 262 g/mol. The van der Waals surface area contributed by atoms with Crippen molar-refractivity contribution in [2.75, 3.05) is 23.8 Å². The number of hydrogen-bond acceptors (Lipinski definition) is 4. The summed E-state index contributed by atoms with van der Waals surface area (Å²) in [6.07, 6.45) is 2.10. The Morgan fingerprint density at radius 3 is 3.00 bits per heavy atom. The summed E-state index contributed by atoms with van der Waals surface area (Å²) in [7, 11) is 0. The van der Waals surface area contributed by atoms with E-state index in [4.69, 9.17) is 10.5 Å². The number of esters is 1. The summed E-state index contributed by atoms with van der Waals surface area (Å²) < 4.78 is 5.07. The van der Waals surface area contributed by atoms with Gasteiger partial charge in [0.25, 0.3) is 0 Å². The maximum atomic E-state index is 11.9. The molecule has 5 heteroatoms. The molecule has 0 unspecified atom stereocenters. The zero-order chi connectivity index (χ0) is 13.8. The first-order chi connectivity index (χ1) is 9.11. The molecular formula is C14H18N2O3. The van der Waals surface area contributed by atoms with Crippen molar-refractivity contribution in [1.29, 1.82) is 0 Å². The fourth-order valence-corrected chi connectivity index (χ4v) is 2.08. The Morgan fingerprint density at radius 2 is 2.26 bits per heavy atom. The Morgan fingerprint density at radius 1 is 1.47 bits per heavy atom. The molecule has 0 spiro atoms. The fraction of sp³-hybridized carbons (Fsp3) is 0.429. The molecule has 1 aromatic carbocycles. The molecule has 0 saturated heterocycles. The van der Waals surface area contributed by atoms with Gasteiger partial charge in [0.2, 0.25) is 5.91 Å². The first-order valence-corrected chi connectivity index (χ1v) is 6.46. The average Bonchev–Trinajstić information content (AvgIpc) is 2.65. The summed E-state index contributed by atoms with van der Waals surface area (Å²) >= 11 is 0. The molecule has 0 radical (unpaired) electrons. The van der Waals surface area contributed by atoms with Crippen molar-refractivity contribution in [3.8, 4) is 0 Å². The van der Waals surface area contributed by atoms with Gasteiger partial charge in [-0.2, -0.15) is 0 Å². The molecule has 0 aromatic heterocycles. The summed E-state index contributed by atoms with van der Waals surface area (Å²) in [4.78, 5) is 25.0. The number of carbonyl (C=O) groups is 2. The molecule has 1 amide bonds. The van der Waals surface area contributed by atoms with Crippen molar-refractivity contribution < 1.29 is 14.3 Å². The average molecular weight is 262 g/mol. The van der Waals surface area contributed by atoms with E-state index in [9.17, 15) is 9.59 Å². The number of nitrogen functional groups attached to an aromatic ring is 1. The van der Waals surface area contributed by atoms with E-state index >= 15 is 0 Å². The van der Waals surface area contributed by atoms with E-state index in [1.807, 2.05) is 6.92 Å². The van der Waals surface area contributed by atoms with Crippen LogP contribution >= 0.6 is 0 Å². The lowest BCUT2D eigenvalue weighted by Gasteiger charge is -2.16. The van der Waals surface area contributed by atoms with Gasteiger partial charge in [-0.15, -0.1) is 0 Å². The largest absolute Gasteiger partial charge is 0.464 e. The highest BCUT2D eigenvalue weighted by Gasteiger charge is 2.29. The molecule has 1 aromatic rings. The molecule has 1 aliphatic heterocycles. The minimum atomic E-state index is -0.369. The second-order valence-electron chi connectivity index (χ2n) is 4.62. The highest BCUT2D eigenvalue weighted by molar-refractivity contribution is 6.04. The van der Waals surface area contributed by atoms with Gasteiger partial charge in [0.05, 0.1) is 13.0 Å². The summed E-state index contributed by atoms with van der Waals surface area (Å²) in [6, 6.07) is 5.28. The van der Waals surface area contributed by atoms with Crippen LogP contribution in [-0.2, 0) is 20.7 Å². The maximum absolute atomic E-state index is 11.9. The van der Waals surface area contributed by atoms with E-state index < -0.39 is 0 Å². The molecule has 0 fully saturated rings. The Balaban J connectivity index is 2.02. The number of nitrogens with zero attached hydrogens (tertiary/aromatic N) is 1. The summed E-state index contributed by atoms with van der Waals surface area (Å²) in [6.45, 7) is 2.41. The quantitative estimate of drug-likeness (QED) is 0.496. The van der Waals surface area contributed by atoms with Gasteiger partial charge in [-0.1, -0.05) is 13.3 Å². The van der Waals surface area contributed by atoms with Crippen LogP contribution in [0.15, 0.2) is 18.2 Å². The van der Waals surface area contributed by atoms with Crippen LogP contribution in [0.3, 0.4) is 0 Å². The maximum Gasteiger partial charge on any atom is 0.326 e. The second-order valence-corrected chi connectivity index (χ2v) is 4.62.